The molecule has 3 aromatic rings. The van der Waals surface area contributed by atoms with E-state index in [2.05, 4.69) is 14.3 Å². The number of anilines is 1. The standard InChI is InChI=1S/C23H27N5O2S/c1-30-21(29)16-5-2-3-6-17(16)31-18-15-26-22(28-14-11-25-20(18)28)27-12-9-23(10-13-27)8-4-7-19(23)24/h2-3,5-6,11,14-15,19H,4,7-10,12-13,24H2,1H3/t19-/m1/s1. The van der Waals surface area contributed by atoms with Crippen molar-refractivity contribution >= 4 is 29.3 Å². The maximum Gasteiger partial charge on any atom is 0.339 e. The number of hydrogen-bond donors (Lipinski definition) is 1. The smallest absolute Gasteiger partial charge is 0.339 e. The molecule has 2 fully saturated rings. The highest BCUT2D eigenvalue weighted by Gasteiger charge is 2.43. The number of aromatic nitrogens is 3. The maximum atomic E-state index is 12.1. The van der Waals surface area contributed by atoms with Crippen molar-refractivity contribution in [2.24, 2.45) is 11.1 Å². The first-order valence-electron chi connectivity index (χ1n) is 10.8. The van der Waals surface area contributed by atoms with Crippen LogP contribution in [0.25, 0.3) is 5.65 Å². The van der Waals surface area contributed by atoms with Crippen LogP contribution in [-0.2, 0) is 4.74 Å². The molecule has 7 nitrogen and oxygen atoms in total. The van der Waals surface area contributed by atoms with Crippen LogP contribution in [0.1, 0.15) is 42.5 Å². The van der Waals surface area contributed by atoms with Crippen LogP contribution in [0.5, 0.6) is 0 Å². The number of carbonyl (C=O) groups is 1. The number of ether oxygens (including phenoxy) is 1. The molecule has 5 rings (SSSR count). The van der Waals surface area contributed by atoms with Crippen LogP contribution in [0, 0.1) is 5.41 Å². The fraction of sp³-hybridized carbons (Fsp3) is 0.435. The number of benzene rings is 1. The van der Waals surface area contributed by atoms with Gasteiger partial charge in [0, 0.05) is 42.6 Å². The Morgan fingerprint density at radius 3 is 2.74 bits per heavy atom. The minimum atomic E-state index is -0.348. The summed E-state index contributed by atoms with van der Waals surface area (Å²) in [5.41, 5.74) is 8.15. The zero-order valence-corrected chi connectivity index (χ0v) is 18.5. The SMILES string of the molecule is COC(=O)c1ccccc1Sc1cnc(N2CCC3(CCC[C@H]3N)CC2)n2ccnc12. The predicted molar refractivity (Wildman–Crippen MR) is 121 cm³/mol. The van der Waals surface area contributed by atoms with E-state index in [9.17, 15) is 4.79 Å². The van der Waals surface area contributed by atoms with Gasteiger partial charge in [0.05, 0.1) is 17.6 Å². The van der Waals surface area contributed by atoms with Gasteiger partial charge in [0.2, 0.25) is 5.95 Å². The third kappa shape index (κ3) is 3.57. The minimum absolute atomic E-state index is 0.317. The van der Waals surface area contributed by atoms with Crippen molar-refractivity contribution in [1.82, 2.24) is 14.4 Å². The Morgan fingerprint density at radius 2 is 2.00 bits per heavy atom. The molecule has 8 heteroatoms. The summed E-state index contributed by atoms with van der Waals surface area (Å²) >= 11 is 1.48. The normalized spacial score (nSPS) is 20.5. The number of hydrogen-bond acceptors (Lipinski definition) is 7. The first kappa shape index (κ1) is 20.3. The van der Waals surface area contributed by atoms with Gasteiger partial charge in [0.1, 0.15) is 0 Å². The Hall–Kier alpha value is -2.58. The van der Waals surface area contributed by atoms with Crippen molar-refractivity contribution in [3.63, 3.8) is 0 Å². The molecular weight excluding hydrogens is 410 g/mol. The summed E-state index contributed by atoms with van der Waals surface area (Å²) in [6.45, 7) is 1.93. The molecule has 1 aromatic carbocycles. The molecular formula is C23H27N5O2S. The second-order valence-electron chi connectivity index (χ2n) is 8.48. The number of nitrogens with two attached hydrogens (primary N) is 1. The van der Waals surface area contributed by atoms with E-state index in [4.69, 9.17) is 15.5 Å². The second kappa shape index (κ2) is 8.16. The number of methoxy groups -OCH3 is 1. The summed E-state index contributed by atoms with van der Waals surface area (Å²) in [4.78, 5) is 25.6. The molecule has 1 saturated heterocycles. The third-order valence-electron chi connectivity index (χ3n) is 6.90. The van der Waals surface area contributed by atoms with E-state index < -0.39 is 0 Å². The van der Waals surface area contributed by atoms with Crippen LogP contribution >= 0.6 is 11.8 Å². The van der Waals surface area contributed by atoms with Gasteiger partial charge in [-0.15, -0.1) is 0 Å². The molecule has 1 aliphatic carbocycles. The molecule has 3 heterocycles. The molecule has 31 heavy (non-hydrogen) atoms. The highest BCUT2D eigenvalue weighted by atomic mass is 32.2. The first-order chi connectivity index (χ1) is 15.1. The first-order valence-corrected chi connectivity index (χ1v) is 11.6. The number of rotatable bonds is 4. The van der Waals surface area contributed by atoms with Gasteiger partial charge < -0.3 is 15.4 Å². The summed E-state index contributed by atoms with van der Waals surface area (Å²) in [6.07, 6.45) is 11.5. The van der Waals surface area contributed by atoms with E-state index in [1.165, 1.54) is 31.7 Å². The molecule has 0 unspecified atom stereocenters. The molecule has 2 N–H and O–H groups in total. The van der Waals surface area contributed by atoms with Crippen LogP contribution in [0.15, 0.2) is 52.6 Å². The molecule has 0 radical (unpaired) electrons. The van der Waals surface area contributed by atoms with Gasteiger partial charge in [-0.1, -0.05) is 30.3 Å². The van der Waals surface area contributed by atoms with Crippen LogP contribution < -0.4 is 10.6 Å². The third-order valence-corrected chi connectivity index (χ3v) is 7.99. The number of esters is 1. The fourth-order valence-corrected chi connectivity index (χ4v) is 6.07. The van der Waals surface area contributed by atoms with Crippen LogP contribution in [0.2, 0.25) is 0 Å². The van der Waals surface area contributed by atoms with E-state index in [-0.39, 0.29) is 5.97 Å². The number of fused-ring (bicyclic) bond motifs is 1. The van der Waals surface area contributed by atoms with Gasteiger partial charge in [-0.3, -0.25) is 4.40 Å². The van der Waals surface area contributed by atoms with E-state index in [1.54, 1.807) is 12.3 Å². The van der Waals surface area contributed by atoms with Crippen molar-refractivity contribution < 1.29 is 9.53 Å². The van der Waals surface area contributed by atoms with E-state index in [0.717, 1.165) is 53.7 Å². The van der Waals surface area contributed by atoms with Crippen molar-refractivity contribution in [1.29, 1.82) is 0 Å². The van der Waals surface area contributed by atoms with Crippen molar-refractivity contribution in [3.8, 4) is 0 Å². The zero-order chi connectivity index (χ0) is 21.4. The number of piperidine rings is 1. The fourth-order valence-electron chi connectivity index (χ4n) is 5.08. The lowest BCUT2D eigenvalue weighted by Gasteiger charge is -2.42. The largest absolute Gasteiger partial charge is 0.465 e. The molecule has 2 aromatic heterocycles. The molecule has 0 amide bonds. The molecule has 1 saturated carbocycles. The molecule has 0 bridgehead atoms. The van der Waals surface area contributed by atoms with Gasteiger partial charge >= 0.3 is 5.97 Å². The quantitative estimate of drug-likeness (QED) is 0.622. The Bertz CT molecular complexity index is 1110. The average Bonchev–Trinajstić information content (AvgIpc) is 3.43. The Kier molecular flexibility index (Phi) is 5.35. The van der Waals surface area contributed by atoms with Gasteiger partial charge in [-0.25, -0.2) is 14.8 Å². The van der Waals surface area contributed by atoms with Crippen molar-refractivity contribution in [3.05, 3.63) is 48.4 Å². The van der Waals surface area contributed by atoms with Gasteiger partial charge in [0.25, 0.3) is 0 Å². The summed E-state index contributed by atoms with van der Waals surface area (Å²) in [7, 11) is 1.40. The van der Waals surface area contributed by atoms with E-state index in [0.29, 0.717) is 17.0 Å². The number of imidazole rings is 1. The highest BCUT2D eigenvalue weighted by Crippen LogP contribution is 2.46. The number of nitrogens with zero attached hydrogens (tertiary/aromatic N) is 4. The van der Waals surface area contributed by atoms with Gasteiger partial charge in [0.15, 0.2) is 5.65 Å². The summed E-state index contributed by atoms with van der Waals surface area (Å²) in [6, 6.07) is 7.78. The lowest BCUT2D eigenvalue weighted by Crippen LogP contribution is -2.47. The van der Waals surface area contributed by atoms with Crippen LogP contribution in [-0.4, -0.2) is 46.6 Å². The lowest BCUT2D eigenvalue weighted by molar-refractivity contribution is 0.0597. The monoisotopic (exact) mass is 437 g/mol. The summed E-state index contributed by atoms with van der Waals surface area (Å²) in [5.74, 6) is 0.568. The molecule has 1 aliphatic heterocycles. The van der Waals surface area contributed by atoms with Crippen LogP contribution in [0.4, 0.5) is 5.95 Å². The second-order valence-corrected chi connectivity index (χ2v) is 9.57. The molecule has 1 spiro atoms. The van der Waals surface area contributed by atoms with E-state index >= 15 is 0 Å². The van der Waals surface area contributed by atoms with Gasteiger partial charge in [-0.05, 0) is 43.2 Å². The summed E-state index contributed by atoms with van der Waals surface area (Å²) in [5, 5.41) is 0. The zero-order valence-electron chi connectivity index (χ0n) is 17.7. The average molecular weight is 438 g/mol. The summed E-state index contributed by atoms with van der Waals surface area (Å²) < 4.78 is 6.98. The van der Waals surface area contributed by atoms with E-state index in [1.807, 2.05) is 30.6 Å². The molecule has 162 valence electrons. The highest BCUT2D eigenvalue weighted by molar-refractivity contribution is 7.99. The lowest BCUT2D eigenvalue weighted by atomic mass is 9.74. The molecule has 2 aliphatic rings. The Balaban J connectivity index is 1.42. The maximum absolute atomic E-state index is 12.1. The van der Waals surface area contributed by atoms with Crippen molar-refractivity contribution in [2.75, 3.05) is 25.1 Å². The molecule has 1 atom stereocenters. The van der Waals surface area contributed by atoms with Crippen LogP contribution in [0.3, 0.4) is 0 Å². The Labute approximate surface area is 186 Å². The van der Waals surface area contributed by atoms with Gasteiger partial charge in [-0.2, -0.15) is 0 Å². The number of carbonyl (C=O) groups excluding carboxylic acids is 1. The predicted octanol–water partition coefficient (Wildman–Crippen LogP) is 3.76. The minimum Gasteiger partial charge on any atom is -0.465 e. The van der Waals surface area contributed by atoms with Crippen molar-refractivity contribution in [2.45, 2.75) is 47.9 Å². The topological polar surface area (TPSA) is 85.8 Å². The Morgan fingerprint density at radius 1 is 1.19 bits per heavy atom.